The van der Waals surface area contributed by atoms with E-state index < -0.39 is 48.6 Å². The van der Waals surface area contributed by atoms with Gasteiger partial charge in [-0.05, 0) is 23.6 Å². The average Bonchev–Trinajstić information content (AvgIpc) is 2.56. The minimum absolute atomic E-state index is 0.185. The average molecular weight is 389 g/mol. The highest BCUT2D eigenvalue weighted by molar-refractivity contribution is 6.30. The lowest BCUT2D eigenvalue weighted by atomic mass is 9.88. The molecule has 0 radical (unpaired) electrons. The summed E-state index contributed by atoms with van der Waals surface area (Å²) >= 11 is 5.85. The maximum Gasteiger partial charge on any atom is 0.335 e. The second-order valence-electron chi connectivity index (χ2n) is 6.45. The summed E-state index contributed by atoms with van der Waals surface area (Å²) in [4.78, 5) is 23.7. The van der Waals surface area contributed by atoms with Gasteiger partial charge >= 0.3 is 11.9 Å². The topological polar surface area (TPSA) is 134 Å². The molecule has 0 aliphatic carbocycles. The fourth-order valence-corrected chi connectivity index (χ4v) is 2.93. The minimum atomic E-state index is -1.85. The zero-order valence-electron chi connectivity index (χ0n) is 14.2. The van der Waals surface area contributed by atoms with E-state index in [0.29, 0.717) is 10.6 Å². The second-order valence-corrected chi connectivity index (χ2v) is 6.88. The van der Waals surface area contributed by atoms with Gasteiger partial charge in [-0.3, -0.25) is 4.79 Å². The van der Waals surface area contributed by atoms with Crippen LogP contribution in [0.15, 0.2) is 24.3 Å². The Bertz CT molecular complexity index is 647. The zero-order chi connectivity index (χ0) is 19.6. The van der Waals surface area contributed by atoms with Crippen LogP contribution in [0.25, 0.3) is 0 Å². The number of hydrogen-bond acceptors (Lipinski definition) is 7. The number of esters is 1. The number of carboxylic acids is 1. The largest absolute Gasteiger partial charge is 0.479 e. The van der Waals surface area contributed by atoms with Crippen molar-refractivity contribution in [3.8, 4) is 0 Å². The molecule has 0 bridgehead atoms. The molecule has 1 fully saturated rings. The first kappa shape index (κ1) is 20.6. The van der Waals surface area contributed by atoms with E-state index in [4.69, 9.17) is 26.2 Å². The van der Waals surface area contributed by atoms with Crippen molar-refractivity contribution in [3.05, 3.63) is 34.9 Å². The summed E-state index contributed by atoms with van der Waals surface area (Å²) < 4.78 is 10.1. The number of carbonyl (C=O) groups excluding carboxylic acids is 1. The molecule has 0 amide bonds. The second kappa shape index (κ2) is 8.32. The van der Waals surface area contributed by atoms with Gasteiger partial charge in [0.25, 0.3) is 0 Å². The van der Waals surface area contributed by atoms with Gasteiger partial charge in [0.05, 0.1) is 5.92 Å². The third-order valence-electron chi connectivity index (χ3n) is 4.20. The first-order chi connectivity index (χ1) is 12.1. The van der Waals surface area contributed by atoms with Gasteiger partial charge in [-0.1, -0.05) is 37.6 Å². The van der Waals surface area contributed by atoms with Gasteiger partial charge in [-0.25, -0.2) is 4.79 Å². The van der Waals surface area contributed by atoms with Crippen molar-refractivity contribution in [1.82, 2.24) is 0 Å². The Kier molecular flexibility index (Phi) is 6.59. The Labute approximate surface area is 154 Å². The summed E-state index contributed by atoms with van der Waals surface area (Å²) in [5, 5.41) is 39.0. The van der Waals surface area contributed by atoms with Gasteiger partial charge in [0.1, 0.15) is 18.3 Å². The predicted octanol–water partition coefficient (Wildman–Crippen LogP) is 0.515. The van der Waals surface area contributed by atoms with Crippen LogP contribution in [0.2, 0.25) is 5.02 Å². The molecule has 6 atom stereocenters. The number of aliphatic carboxylic acids is 1. The molecule has 2 rings (SSSR count). The molecule has 144 valence electrons. The first-order valence-electron chi connectivity index (χ1n) is 8.02. The monoisotopic (exact) mass is 388 g/mol. The van der Waals surface area contributed by atoms with Crippen molar-refractivity contribution in [2.45, 2.75) is 50.5 Å². The summed E-state index contributed by atoms with van der Waals surface area (Å²) in [5.41, 5.74) is 0.620. The number of halogens is 1. The van der Waals surface area contributed by atoms with E-state index in [2.05, 4.69) is 0 Å². The molecule has 1 aliphatic rings. The van der Waals surface area contributed by atoms with E-state index in [1.165, 1.54) is 0 Å². The molecular formula is C17H21ClO8. The van der Waals surface area contributed by atoms with Gasteiger partial charge < -0.3 is 29.9 Å². The predicted molar refractivity (Wildman–Crippen MR) is 89.4 cm³/mol. The summed E-state index contributed by atoms with van der Waals surface area (Å²) in [6.07, 6.45) is -9.04. The smallest absolute Gasteiger partial charge is 0.335 e. The number of carbonyl (C=O) groups is 2. The first-order valence-corrected chi connectivity index (χ1v) is 8.39. The Morgan fingerprint density at radius 1 is 1.08 bits per heavy atom. The van der Waals surface area contributed by atoms with Gasteiger partial charge in [-0.2, -0.15) is 0 Å². The molecule has 4 N–H and O–H groups in total. The standard InChI is InChI=1S/C17H21ClO8/c1-7(2)10(8-3-5-9(18)6-4-8)16(24)26-17-13(21)11(19)12(20)14(25-17)15(22)23/h3-7,10-14,17,19-21H,1-2H3,(H,22,23). The highest BCUT2D eigenvalue weighted by Gasteiger charge is 2.49. The highest BCUT2D eigenvalue weighted by atomic mass is 35.5. The molecule has 1 saturated heterocycles. The van der Waals surface area contributed by atoms with Crippen LogP contribution in [0, 0.1) is 5.92 Å². The lowest BCUT2D eigenvalue weighted by molar-refractivity contribution is -0.287. The van der Waals surface area contributed by atoms with Gasteiger partial charge in [-0.15, -0.1) is 0 Å². The van der Waals surface area contributed by atoms with Gasteiger partial charge in [0, 0.05) is 5.02 Å². The molecule has 0 spiro atoms. The van der Waals surface area contributed by atoms with E-state index in [1.54, 1.807) is 38.1 Å². The van der Waals surface area contributed by atoms with Crippen LogP contribution in [0.3, 0.4) is 0 Å². The third-order valence-corrected chi connectivity index (χ3v) is 4.45. The summed E-state index contributed by atoms with van der Waals surface area (Å²) in [6, 6.07) is 6.55. The molecule has 1 aliphatic heterocycles. The molecule has 6 unspecified atom stereocenters. The van der Waals surface area contributed by atoms with Crippen LogP contribution in [-0.4, -0.2) is 63.1 Å². The number of aliphatic hydroxyl groups excluding tert-OH is 3. The van der Waals surface area contributed by atoms with E-state index in [0.717, 1.165) is 0 Å². The van der Waals surface area contributed by atoms with Gasteiger partial charge in [0.15, 0.2) is 6.10 Å². The van der Waals surface area contributed by atoms with E-state index in [-0.39, 0.29) is 5.92 Å². The number of ether oxygens (including phenoxy) is 2. The number of aliphatic hydroxyl groups is 3. The Morgan fingerprint density at radius 3 is 2.15 bits per heavy atom. The van der Waals surface area contributed by atoms with Crippen molar-refractivity contribution in [3.63, 3.8) is 0 Å². The Morgan fingerprint density at radius 2 is 1.65 bits per heavy atom. The Hall–Kier alpha value is -1.71. The maximum atomic E-state index is 12.6. The van der Waals surface area contributed by atoms with Crippen LogP contribution < -0.4 is 0 Å². The fraction of sp³-hybridized carbons (Fsp3) is 0.529. The number of benzene rings is 1. The van der Waals surface area contributed by atoms with Gasteiger partial charge in [0.2, 0.25) is 6.29 Å². The van der Waals surface area contributed by atoms with Crippen molar-refractivity contribution in [2.24, 2.45) is 5.92 Å². The SMILES string of the molecule is CC(C)C(C(=O)OC1OC(C(=O)O)C(O)C(O)C1O)c1ccc(Cl)cc1. The zero-order valence-corrected chi connectivity index (χ0v) is 14.9. The quantitative estimate of drug-likeness (QED) is 0.536. The van der Waals surface area contributed by atoms with Crippen LogP contribution in [0.5, 0.6) is 0 Å². The molecule has 1 aromatic rings. The molecule has 1 heterocycles. The fourth-order valence-electron chi connectivity index (χ4n) is 2.80. The Balaban J connectivity index is 2.19. The van der Waals surface area contributed by atoms with Crippen LogP contribution in [-0.2, 0) is 19.1 Å². The third kappa shape index (κ3) is 4.33. The van der Waals surface area contributed by atoms with Crippen molar-refractivity contribution >= 4 is 23.5 Å². The van der Waals surface area contributed by atoms with Crippen molar-refractivity contribution in [2.75, 3.05) is 0 Å². The summed E-state index contributed by atoms with van der Waals surface area (Å²) in [5.74, 6) is -3.23. The van der Waals surface area contributed by atoms with E-state index in [1.807, 2.05) is 0 Å². The number of rotatable bonds is 5. The lowest BCUT2D eigenvalue weighted by Gasteiger charge is -2.38. The summed E-state index contributed by atoms with van der Waals surface area (Å²) in [7, 11) is 0. The van der Waals surface area contributed by atoms with Crippen LogP contribution >= 0.6 is 11.6 Å². The maximum absolute atomic E-state index is 12.6. The van der Waals surface area contributed by atoms with Crippen molar-refractivity contribution < 1.29 is 39.5 Å². The molecule has 0 aromatic heterocycles. The van der Waals surface area contributed by atoms with Crippen LogP contribution in [0.1, 0.15) is 25.3 Å². The normalized spacial score (nSPS) is 30.0. The van der Waals surface area contributed by atoms with E-state index in [9.17, 15) is 24.9 Å². The van der Waals surface area contributed by atoms with Crippen molar-refractivity contribution in [1.29, 1.82) is 0 Å². The molecule has 26 heavy (non-hydrogen) atoms. The molecule has 9 heteroatoms. The van der Waals surface area contributed by atoms with E-state index >= 15 is 0 Å². The van der Waals surface area contributed by atoms with Crippen LogP contribution in [0.4, 0.5) is 0 Å². The minimum Gasteiger partial charge on any atom is -0.479 e. The lowest BCUT2D eigenvalue weighted by Crippen LogP contribution is -2.60. The highest BCUT2D eigenvalue weighted by Crippen LogP contribution is 2.30. The summed E-state index contributed by atoms with van der Waals surface area (Å²) in [6.45, 7) is 3.58. The molecule has 0 saturated carbocycles. The number of carboxylic acid groups (broad SMARTS) is 1. The molecule has 1 aromatic carbocycles. The molecular weight excluding hydrogens is 368 g/mol. The molecule has 8 nitrogen and oxygen atoms in total. The number of hydrogen-bond donors (Lipinski definition) is 4.